The van der Waals surface area contributed by atoms with Crippen LogP contribution in [0.25, 0.3) is 0 Å². The van der Waals surface area contributed by atoms with Crippen molar-refractivity contribution in [1.29, 1.82) is 0 Å². The van der Waals surface area contributed by atoms with Gasteiger partial charge in [0, 0.05) is 24.6 Å². The third-order valence-corrected chi connectivity index (χ3v) is 2.47. The molecule has 2 nitrogen and oxygen atoms in total. The van der Waals surface area contributed by atoms with E-state index < -0.39 is 0 Å². The molecule has 0 unspecified atom stereocenters. The SMILES string of the molecule is CCN(CCCl)CC[n+]1ccccc1. The van der Waals surface area contributed by atoms with Crippen LogP contribution in [0.15, 0.2) is 30.6 Å². The lowest BCUT2D eigenvalue weighted by Crippen LogP contribution is -2.40. The van der Waals surface area contributed by atoms with E-state index in [1.807, 2.05) is 6.07 Å². The number of likely N-dealkylation sites (N-methyl/N-ethyl adjacent to an activating group) is 1. The molecule has 3 heteroatoms. The molecule has 0 amide bonds. The zero-order valence-corrected chi connectivity index (χ0v) is 9.45. The van der Waals surface area contributed by atoms with E-state index >= 15 is 0 Å². The average Bonchev–Trinajstić information content (AvgIpc) is 2.25. The monoisotopic (exact) mass is 213 g/mol. The Labute approximate surface area is 91.1 Å². The first kappa shape index (κ1) is 11.5. The van der Waals surface area contributed by atoms with Gasteiger partial charge in [-0.15, -0.1) is 11.6 Å². The second-order valence-electron chi connectivity index (χ2n) is 3.24. The fraction of sp³-hybridized carbons (Fsp3) is 0.545. The lowest BCUT2D eigenvalue weighted by atomic mass is 10.4. The number of alkyl halides is 1. The maximum atomic E-state index is 5.71. The summed E-state index contributed by atoms with van der Waals surface area (Å²) < 4.78 is 2.19. The van der Waals surface area contributed by atoms with Crippen molar-refractivity contribution < 1.29 is 4.57 Å². The summed E-state index contributed by atoms with van der Waals surface area (Å²) in [6.07, 6.45) is 4.18. The molecule has 1 aromatic rings. The molecule has 0 fully saturated rings. The quantitative estimate of drug-likeness (QED) is 0.514. The second kappa shape index (κ2) is 6.80. The van der Waals surface area contributed by atoms with E-state index in [0.29, 0.717) is 5.88 Å². The van der Waals surface area contributed by atoms with Gasteiger partial charge in [-0.1, -0.05) is 13.0 Å². The zero-order valence-electron chi connectivity index (χ0n) is 8.69. The van der Waals surface area contributed by atoms with Crippen LogP contribution in [0, 0.1) is 0 Å². The summed E-state index contributed by atoms with van der Waals surface area (Å²) in [5, 5.41) is 0. The van der Waals surface area contributed by atoms with Crippen LogP contribution in [0.1, 0.15) is 6.92 Å². The number of pyridine rings is 1. The predicted molar refractivity (Wildman–Crippen MR) is 59.5 cm³/mol. The van der Waals surface area contributed by atoms with Crippen LogP contribution >= 0.6 is 11.6 Å². The Morgan fingerprint density at radius 3 is 2.43 bits per heavy atom. The number of hydrogen-bond donors (Lipinski definition) is 0. The number of nitrogens with zero attached hydrogens (tertiary/aromatic N) is 2. The van der Waals surface area contributed by atoms with E-state index in [-0.39, 0.29) is 0 Å². The highest BCUT2D eigenvalue weighted by atomic mass is 35.5. The molecule has 14 heavy (non-hydrogen) atoms. The predicted octanol–water partition coefficient (Wildman–Crippen LogP) is 1.53. The first-order valence-corrected chi connectivity index (χ1v) is 5.62. The Hall–Kier alpha value is -0.600. The molecule has 1 aromatic heterocycles. The van der Waals surface area contributed by atoms with Gasteiger partial charge in [-0.3, -0.25) is 4.90 Å². The normalized spacial score (nSPS) is 10.8. The Morgan fingerprint density at radius 1 is 1.14 bits per heavy atom. The van der Waals surface area contributed by atoms with Crippen molar-refractivity contribution in [3.63, 3.8) is 0 Å². The van der Waals surface area contributed by atoms with Gasteiger partial charge in [0.25, 0.3) is 0 Å². The third-order valence-electron chi connectivity index (χ3n) is 2.30. The minimum absolute atomic E-state index is 0.716. The van der Waals surface area contributed by atoms with E-state index in [4.69, 9.17) is 11.6 Å². The van der Waals surface area contributed by atoms with E-state index in [9.17, 15) is 0 Å². The summed E-state index contributed by atoms with van der Waals surface area (Å²) in [5.74, 6) is 0.716. The van der Waals surface area contributed by atoms with Crippen molar-refractivity contribution in [3.8, 4) is 0 Å². The van der Waals surface area contributed by atoms with Crippen molar-refractivity contribution in [2.24, 2.45) is 0 Å². The van der Waals surface area contributed by atoms with Crippen LogP contribution in [0.5, 0.6) is 0 Å². The lowest BCUT2D eigenvalue weighted by Gasteiger charge is -2.16. The fourth-order valence-electron chi connectivity index (χ4n) is 1.39. The Morgan fingerprint density at radius 2 is 1.86 bits per heavy atom. The van der Waals surface area contributed by atoms with Gasteiger partial charge in [0.2, 0.25) is 0 Å². The Kier molecular flexibility index (Phi) is 5.57. The van der Waals surface area contributed by atoms with Crippen LogP contribution in [0.4, 0.5) is 0 Å². The van der Waals surface area contributed by atoms with E-state index in [0.717, 1.165) is 26.2 Å². The van der Waals surface area contributed by atoms with Crippen LogP contribution in [0.3, 0.4) is 0 Å². The van der Waals surface area contributed by atoms with Gasteiger partial charge in [-0.25, -0.2) is 4.57 Å². The molecule has 0 aromatic carbocycles. The second-order valence-corrected chi connectivity index (χ2v) is 3.61. The van der Waals surface area contributed by atoms with Gasteiger partial charge < -0.3 is 0 Å². The maximum absolute atomic E-state index is 5.71. The molecule has 0 bridgehead atoms. The minimum atomic E-state index is 0.716. The van der Waals surface area contributed by atoms with Crippen molar-refractivity contribution in [2.45, 2.75) is 13.5 Å². The maximum Gasteiger partial charge on any atom is 0.168 e. The molecule has 0 atom stereocenters. The van der Waals surface area contributed by atoms with Gasteiger partial charge in [0.05, 0.1) is 6.54 Å². The average molecular weight is 214 g/mol. The van der Waals surface area contributed by atoms with Gasteiger partial charge in [-0.2, -0.15) is 0 Å². The Bertz CT molecular complexity index is 238. The van der Waals surface area contributed by atoms with Gasteiger partial charge >= 0.3 is 0 Å². The topological polar surface area (TPSA) is 7.12 Å². The summed E-state index contributed by atoms with van der Waals surface area (Å²) in [4.78, 5) is 2.35. The minimum Gasteiger partial charge on any atom is -0.296 e. The molecular formula is C11H18ClN2+. The molecule has 1 heterocycles. The fourth-order valence-corrected chi connectivity index (χ4v) is 1.63. The highest BCUT2D eigenvalue weighted by Crippen LogP contribution is 1.89. The summed E-state index contributed by atoms with van der Waals surface area (Å²) in [5.41, 5.74) is 0. The van der Waals surface area contributed by atoms with Crippen molar-refractivity contribution in [1.82, 2.24) is 4.90 Å². The smallest absolute Gasteiger partial charge is 0.168 e. The number of rotatable bonds is 6. The molecule has 0 N–H and O–H groups in total. The summed E-state index contributed by atoms with van der Waals surface area (Å²) in [6, 6.07) is 6.14. The molecule has 0 spiro atoms. The highest BCUT2D eigenvalue weighted by Gasteiger charge is 2.04. The van der Waals surface area contributed by atoms with Crippen molar-refractivity contribution in [3.05, 3.63) is 30.6 Å². The van der Waals surface area contributed by atoms with E-state index in [2.05, 4.69) is 40.9 Å². The molecule has 0 saturated carbocycles. The van der Waals surface area contributed by atoms with E-state index in [1.165, 1.54) is 0 Å². The van der Waals surface area contributed by atoms with Gasteiger partial charge in [-0.05, 0) is 6.54 Å². The Balaban J connectivity index is 2.32. The molecular weight excluding hydrogens is 196 g/mol. The van der Waals surface area contributed by atoms with Crippen LogP contribution < -0.4 is 4.57 Å². The van der Waals surface area contributed by atoms with Gasteiger partial charge in [0.1, 0.15) is 0 Å². The van der Waals surface area contributed by atoms with Gasteiger partial charge in [0.15, 0.2) is 18.9 Å². The first-order chi connectivity index (χ1) is 6.86. The van der Waals surface area contributed by atoms with Crippen molar-refractivity contribution in [2.75, 3.05) is 25.5 Å². The molecule has 0 saturated heterocycles. The van der Waals surface area contributed by atoms with E-state index in [1.54, 1.807) is 0 Å². The van der Waals surface area contributed by atoms with Crippen LogP contribution in [-0.2, 0) is 6.54 Å². The van der Waals surface area contributed by atoms with Crippen LogP contribution in [-0.4, -0.2) is 30.4 Å². The third kappa shape index (κ3) is 4.07. The summed E-state index contributed by atoms with van der Waals surface area (Å²) in [6.45, 7) is 6.32. The molecule has 0 radical (unpaired) electrons. The standard InChI is InChI=1S/C11H18ClN2/c1-2-13(9-6-12)10-11-14-7-4-3-5-8-14/h3-5,7-8H,2,6,9-11H2,1H3/q+1. The molecule has 0 aliphatic carbocycles. The molecule has 1 rings (SSSR count). The first-order valence-electron chi connectivity index (χ1n) is 5.09. The zero-order chi connectivity index (χ0) is 10.2. The molecule has 0 aliphatic heterocycles. The summed E-state index contributed by atoms with van der Waals surface area (Å²) in [7, 11) is 0. The lowest BCUT2D eigenvalue weighted by molar-refractivity contribution is -0.696. The number of hydrogen-bond acceptors (Lipinski definition) is 1. The van der Waals surface area contributed by atoms with Crippen molar-refractivity contribution >= 4 is 11.6 Å². The number of halogens is 1. The summed E-state index contributed by atoms with van der Waals surface area (Å²) >= 11 is 5.71. The number of aromatic nitrogens is 1. The molecule has 0 aliphatic rings. The van der Waals surface area contributed by atoms with Crippen LogP contribution in [0.2, 0.25) is 0 Å². The highest BCUT2D eigenvalue weighted by molar-refractivity contribution is 6.18. The largest absolute Gasteiger partial charge is 0.296 e. The molecule has 78 valence electrons.